The molecule has 3 rings (SSSR count). The molecule has 3 aromatic rings. The average molecular weight is 517 g/mol. The van der Waals surface area contributed by atoms with Crippen LogP contribution in [-0.2, 0) is 21.0 Å². The van der Waals surface area contributed by atoms with Crippen molar-refractivity contribution in [3.05, 3.63) is 59.7 Å². The number of carbonyl (C=O) groups is 1. The van der Waals surface area contributed by atoms with Gasteiger partial charge in [0.1, 0.15) is 6.54 Å². The molecule has 1 N–H and O–H groups in total. The predicted octanol–water partition coefficient (Wildman–Crippen LogP) is 4.81. The molecule has 2 aromatic carbocycles. The second kappa shape index (κ2) is 10.1. The number of thioether (sulfide) groups is 1. The predicted molar refractivity (Wildman–Crippen MR) is 122 cm³/mol. The molecule has 0 bridgehead atoms. The van der Waals surface area contributed by atoms with Gasteiger partial charge in [0.15, 0.2) is 4.34 Å². The molecule has 1 heterocycles. The van der Waals surface area contributed by atoms with Crippen LogP contribution in [0.5, 0.6) is 0 Å². The summed E-state index contributed by atoms with van der Waals surface area (Å²) in [5.74, 6) is -0.0203. The number of nitrogens with zero attached hydrogens (tertiary/aromatic N) is 3. The zero-order chi connectivity index (χ0) is 24.2. The Balaban J connectivity index is 1.96. The Hall–Kier alpha value is -2.64. The van der Waals surface area contributed by atoms with Gasteiger partial charge in [-0.15, -0.1) is 10.2 Å². The van der Waals surface area contributed by atoms with E-state index in [1.807, 2.05) is 6.92 Å². The summed E-state index contributed by atoms with van der Waals surface area (Å²) in [6.45, 7) is 2.93. The number of hydrogen-bond donors (Lipinski definition) is 1. The number of aryl methyl sites for hydroxylation is 1. The van der Waals surface area contributed by atoms with Crippen molar-refractivity contribution in [1.82, 2.24) is 10.2 Å². The molecule has 0 fully saturated rings. The van der Waals surface area contributed by atoms with E-state index in [1.54, 1.807) is 19.1 Å². The highest BCUT2D eigenvalue weighted by molar-refractivity contribution is 8.01. The second-order valence-corrected chi connectivity index (χ2v) is 11.1. The SMILES string of the molecule is CCSc1nnc(NC(=O)CN(c2cccc(C(F)(F)F)c2)S(=O)(=O)c2ccc(C)cc2)s1. The topological polar surface area (TPSA) is 92.3 Å². The minimum Gasteiger partial charge on any atom is -0.299 e. The van der Waals surface area contributed by atoms with Gasteiger partial charge in [-0.05, 0) is 43.0 Å². The fraction of sp³-hybridized carbons (Fsp3) is 0.250. The van der Waals surface area contributed by atoms with Gasteiger partial charge in [-0.3, -0.25) is 14.4 Å². The van der Waals surface area contributed by atoms with Crippen LogP contribution >= 0.6 is 23.1 Å². The lowest BCUT2D eigenvalue weighted by Gasteiger charge is -2.24. The first kappa shape index (κ1) is 25.0. The summed E-state index contributed by atoms with van der Waals surface area (Å²) in [4.78, 5) is 12.5. The van der Waals surface area contributed by atoms with E-state index in [4.69, 9.17) is 0 Å². The summed E-state index contributed by atoms with van der Waals surface area (Å²) in [6.07, 6.45) is -4.68. The molecule has 0 spiro atoms. The Labute approximate surface area is 197 Å². The van der Waals surface area contributed by atoms with Crippen molar-refractivity contribution in [1.29, 1.82) is 0 Å². The standard InChI is InChI=1S/C20H19F3N4O3S3/c1-3-31-19-26-25-18(32-19)24-17(28)12-27(15-6-4-5-14(11-15)20(21,22)23)33(29,30)16-9-7-13(2)8-10-16/h4-11H,3,12H2,1-2H3,(H,24,25,28). The zero-order valence-electron chi connectivity index (χ0n) is 17.5. The molecule has 7 nitrogen and oxygen atoms in total. The Morgan fingerprint density at radius 1 is 1.15 bits per heavy atom. The summed E-state index contributed by atoms with van der Waals surface area (Å²) >= 11 is 2.53. The molecule has 176 valence electrons. The molecule has 0 aliphatic heterocycles. The number of sulfonamides is 1. The quantitative estimate of drug-likeness (QED) is 0.341. The van der Waals surface area contributed by atoms with Gasteiger partial charge < -0.3 is 0 Å². The minimum absolute atomic E-state index is 0.157. The molecule has 0 atom stereocenters. The van der Waals surface area contributed by atoms with Crippen LogP contribution in [0.25, 0.3) is 0 Å². The first-order valence-corrected chi connectivity index (χ1v) is 12.8. The molecule has 0 aliphatic carbocycles. The van der Waals surface area contributed by atoms with Crippen molar-refractivity contribution in [3.63, 3.8) is 0 Å². The van der Waals surface area contributed by atoms with Gasteiger partial charge in [-0.2, -0.15) is 13.2 Å². The Morgan fingerprint density at radius 3 is 2.48 bits per heavy atom. The van der Waals surface area contributed by atoms with E-state index in [0.29, 0.717) is 14.7 Å². The number of carbonyl (C=O) groups excluding carboxylic acids is 1. The molecule has 1 amide bonds. The maximum absolute atomic E-state index is 13.3. The number of benzene rings is 2. The lowest BCUT2D eigenvalue weighted by Crippen LogP contribution is -2.38. The van der Waals surface area contributed by atoms with Crippen molar-refractivity contribution < 1.29 is 26.4 Å². The lowest BCUT2D eigenvalue weighted by molar-refractivity contribution is -0.137. The van der Waals surface area contributed by atoms with Crippen LogP contribution in [0.2, 0.25) is 0 Å². The highest BCUT2D eigenvalue weighted by atomic mass is 32.2. The van der Waals surface area contributed by atoms with E-state index in [2.05, 4.69) is 15.5 Å². The van der Waals surface area contributed by atoms with Crippen molar-refractivity contribution in [2.75, 3.05) is 21.9 Å². The van der Waals surface area contributed by atoms with Gasteiger partial charge in [0.25, 0.3) is 10.0 Å². The highest BCUT2D eigenvalue weighted by Gasteiger charge is 2.33. The van der Waals surface area contributed by atoms with Crippen LogP contribution in [-0.4, -0.2) is 36.8 Å². The first-order valence-electron chi connectivity index (χ1n) is 9.53. The Bertz CT molecular complexity index is 1230. The van der Waals surface area contributed by atoms with Crippen LogP contribution in [0.4, 0.5) is 24.0 Å². The van der Waals surface area contributed by atoms with Gasteiger partial charge in [-0.1, -0.05) is 53.8 Å². The Morgan fingerprint density at radius 2 is 1.85 bits per heavy atom. The summed E-state index contributed by atoms with van der Waals surface area (Å²) in [6, 6.07) is 9.61. The molecule has 0 radical (unpaired) electrons. The van der Waals surface area contributed by atoms with E-state index in [-0.39, 0.29) is 15.7 Å². The van der Waals surface area contributed by atoms with E-state index >= 15 is 0 Å². The van der Waals surface area contributed by atoms with Crippen LogP contribution in [0.3, 0.4) is 0 Å². The van der Waals surface area contributed by atoms with Gasteiger partial charge in [-0.25, -0.2) is 8.42 Å². The fourth-order valence-corrected chi connectivity index (χ4v) is 5.80. The van der Waals surface area contributed by atoms with Gasteiger partial charge in [0, 0.05) is 0 Å². The van der Waals surface area contributed by atoms with Crippen LogP contribution in [0.15, 0.2) is 57.8 Å². The van der Waals surface area contributed by atoms with E-state index in [0.717, 1.165) is 34.8 Å². The number of halogens is 3. The molecule has 1 aromatic heterocycles. The van der Waals surface area contributed by atoms with E-state index in [1.165, 1.54) is 30.0 Å². The summed E-state index contributed by atoms with van der Waals surface area (Å²) in [5.41, 5.74) is -0.524. The number of alkyl halides is 3. The van der Waals surface area contributed by atoms with Gasteiger partial charge >= 0.3 is 6.18 Å². The number of aromatic nitrogens is 2. The van der Waals surface area contributed by atoms with E-state index < -0.39 is 34.2 Å². The second-order valence-electron chi connectivity index (χ2n) is 6.73. The minimum atomic E-state index is -4.68. The Kier molecular flexibility index (Phi) is 7.65. The molecular weight excluding hydrogens is 497 g/mol. The third-order valence-corrected chi connectivity index (χ3v) is 7.92. The third-order valence-electron chi connectivity index (χ3n) is 4.28. The largest absolute Gasteiger partial charge is 0.416 e. The average Bonchev–Trinajstić information content (AvgIpc) is 3.18. The van der Waals surface area contributed by atoms with Crippen LogP contribution < -0.4 is 9.62 Å². The maximum Gasteiger partial charge on any atom is 0.416 e. The smallest absolute Gasteiger partial charge is 0.299 e. The molecule has 0 unspecified atom stereocenters. The monoisotopic (exact) mass is 516 g/mol. The first-order chi connectivity index (χ1) is 15.5. The van der Waals surface area contributed by atoms with Crippen molar-refractivity contribution >= 4 is 49.8 Å². The summed E-state index contributed by atoms with van der Waals surface area (Å²) in [7, 11) is -4.36. The lowest BCUT2D eigenvalue weighted by atomic mass is 10.2. The van der Waals surface area contributed by atoms with Crippen molar-refractivity contribution in [3.8, 4) is 0 Å². The molecular formula is C20H19F3N4O3S3. The van der Waals surface area contributed by atoms with Crippen LogP contribution in [0.1, 0.15) is 18.1 Å². The molecule has 13 heteroatoms. The fourth-order valence-electron chi connectivity index (χ4n) is 2.72. The molecule has 33 heavy (non-hydrogen) atoms. The number of amides is 1. The van der Waals surface area contributed by atoms with Gasteiger partial charge in [0.2, 0.25) is 11.0 Å². The van der Waals surface area contributed by atoms with Crippen LogP contribution in [0, 0.1) is 6.92 Å². The van der Waals surface area contributed by atoms with Crippen molar-refractivity contribution in [2.24, 2.45) is 0 Å². The zero-order valence-corrected chi connectivity index (χ0v) is 19.9. The van der Waals surface area contributed by atoms with E-state index in [9.17, 15) is 26.4 Å². The summed E-state index contributed by atoms with van der Waals surface area (Å²) in [5, 5.41) is 10.4. The van der Waals surface area contributed by atoms with Crippen molar-refractivity contribution in [2.45, 2.75) is 29.3 Å². The highest BCUT2D eigenvalue weighted by Crippen LogP contribution is 2.33. The molecule has 0 saturated carbocycles. The molecule has 0 saturated heterocycles. The number of anilines is 2. The molecule has 0 aliphatic rings. The number of hydrogen-bond acceptors (Lipinski definition) is 7. The maximum atomic E-state index is 13.3. The third kappa shape index (κ3) is 6.24. The number of nitrogens with one attached hydrogen (secondary N) is 1. The normalized spacial score (nSPS) is 11.9. The van der Waals surface area contributed by atoms with Gasteiger partial charge in [0.05, 0.1) is 16.1 Å². The summed E-state index contributed by atoms with van der Waals surface area (Å²) < 4.78 is 67.6. The number of rotatable bonds is 8.